The Balaban J connectivity index is 1.80. The minimum Gasteiger partial charge on any atom is -0.494 e. The molecular weight excluding hydrogens is 354 g/mol. The zero-order chi connectivity index (χ0) is 20.0. The molecule has 1 aliphatic heterocycles. The molecule has 0 spiro atoms. The molecule has 1 atom stereocenters. The van der Waals surface area contributed by atoms with Crippen LogP contribution in [-0.4, -0.2) is 54.0 Å². The number of esters is 1. The maximum absolute atomic E-state index is 12.2. The van der Waals surface area contributed by atoms with Gasteiger partial charge in [-0.3, -0.25) is 19.3 Å². The number of imide groups is 1. The molecule has 1 fully saturated rings. The minimum atomic E-state index is -1.03. The van der Waals surface area contributed by atoms with Gasteiger partial charge in [0.1, 0.15) is 17.8 Å². The van der Waals surface area contributed by atoms with Crippen LogP contribution >= 0.6 is 0 Å². The Morgan fingerprint density at radius 1 is 1.19 bits per heavy atom. The molecule has 0 saturated carbocycles. The second-order valence-corrected chi connectivity index (χ2v) is 6.17. The number of urea groups is 1. The Kier molecular flexibility index (Phi) is 6.38. The van der Waals surface area contributed by atoms with Crippen molar-refractivity contribution in [1.82, 2.24) is 10.2 Å². The molecule has 0 aliphatic carbocycles. The van der Waals surface area contributed by atoms with Crippen LogP contribution in [0.3, 0.4) is 0 Å². The van der Waals surface area contributed by atoms with Gasteiger partial charge < -0.3 is 20.1 Å². The van der Waals surface area contributed by atoms with Gasteiger partial charge in [0.25, 0.3) is 11.8 Å². The van der Waals surface area contributed by atoms with Gasteiger partial charge in [0.15, 0.2) is 6.61 Å². The number of nitrogens with zero attached hydrogens (tertiary/aromatic N) is 1. The highest BCUT2D eigenvalue weighted by molar-refractivity contribution is 6.08. The average Bonchev–Trinajstić information content (AvgIpc) is 2.85. The molecule has 2 rings (SSSR count). The third kappa shape index (κ3) is 4.96. The summed E-state index contributed by atoms with van der Waals surface area (Å²) in [6, 6.07) is 6.06. The second-order valence-electron chi connectivity index (χ2n) is 6.17. The summed E-state index contributed by atoms with van der Waals surface area (Å²) in [5, 5.41) is 5.10. The molecule has 4 amide bonds. The van der Waals surface area contributed by atoms with Gasteiger partial charge in [-0.15, -0.1) is 0 Å². The third-order valence-corrected chi connectivity index (χ3v) is 4.15. The minimum absolute atomic E-state index is 0.396. The van der Waals surface area contributed by atoms with E-state index >= 15 is 0 Å². The number of carbonyl (C=O) groups is 4. The lowest BCUT2D eigenvalue weighted by Gasteiger charge is -2.18. The summed E-state index contributed by atoms with van der Waals surface area (Å²) in [4.78, 5) is 48.6. The Hall–Kier alpha value is -3.10. The van der Waals surface area contributed by atoms with Crippen molar-refractivity contribution in [2.45, 2.75) is 32.7 Å². The van der Waals surface area contributed by atoms with Gasteiger partial charge in [0.2, 0.25) is 0 Å². The largest absolute Gasteiger partial charge is 0.494 e. The number of carbonyl (C=O) groups excluding carboxylic acids is 4. The fourth-order valence-electron chi connectivity index (χ4n) is 2.45. The van der Waals surface area contributed by atoms with Crippen LogP contribution in [0.2, 0.25) is 0 Å². The van der Waals surface area contributed by atoms with Gasteiger partial charge in [0.05, 0.1) is 6.61 Å². The summed E-state index contributed by atoms with van der Waals surface area (Å²) in [6.07, 6.45) is 0.396. The van der Waals surface area contributed by atoms with Gasteiger partial charge in [-0.05, 0) is 44.5 Å². The van der Waals surface area contributed by atoms with Crippen molar-refractivity contribution in [2.24, 2.45) is 0 Å². The van der Waals surface area contributed by atoms with Crippen LogP contribution in [0.4, 0.5) is 10.5 Å². The molecule has 0 bridgehead atoms. The molecule has 0 unspecified atom stereocenters. The van der Waals surface area contributed by atoms with E-state index in [2.05, 4.69) is 10.6 Å². The fourth-order valence-corrected chi connectivity index (χ4v) is 2.45. The average molecular weight is 377 g/mol. The highest BCUT2D eigenvalue weighted by Crippen LogP contribution is 2.20. The van der Waals surface area contributed by atoms with E-state index in [1.807, 2.05) is 6.92 Å². The maximum atomic E-state index is 12.2. The lowest BCUT2D eigenvalue weighted by molar-refractivity contribution is -0.150. The number of rotatable bonds is 8. The van der Waals surface area contributed by atoms with Crippen LogP contribution < -0.4 is 15.4 Å². The van der Waals surface area contributed by atoms with Crippen molar-refractivity contribution in [3.8, 4) is 5.75 Å². The molecule has 2 N–H and O–H groups in total. The number of anilines is 1. The molecule has 9 nitrogen and oxygen atoms in total. The van der Waals surface area contributed by atoms with E-state index in [1.165, 1.54) is 0 Å². The molecule has 1 aromatic rings. The molecular formula is C18H23N3O6. The van der Waals surface area contributed by atoms with Crippen molar-refractivity contribution in [3.63, 3.8) is 0 Å². The third-order valence-electron chi connectivity index (χ3n) is 4.15. The Morgan fingerprint density at radius 3 is 2.41 bits per heavy atom. The molecule has 1 saturated heterocycles. The Morgan fingerprint density at radius 2 is 1.85 bits per heavy atom. The number of ether oxygens (including phenoxy) is 2. The number of hydrogen-bond acceptors (Lipinski definition) is 6. The van der Waals surface area contributed by atoms with Gasteiger partial charge in [-0.25, -0.2) is 4.79 Å². The van der Waals surface area contributed by atoms with E-state index in [9.17, 15) is 19.2 Å². The smallest absolute Gasteiger partial charge is 0.326 e. The quantitative estimate of drug-likeness (QED) is 0.521. The first-order valence-corrected chi connectivity index (χ1v) is 8.61. The molecule has 146 valence electrons. The van der Waals surface area contributed by atoms with Crippen LogP contribution in [0, 0.1) is 0 Å². The van der Waals surface area contributed by atoms with Gasteiger partial charge >= 0.3 is 12.0 Å². The summed E-state index contributed by atoms with van der Waals surface area (Å²) >= 11 is 0. The molecule has 1 aromatic carbocycles. The molecule has 0 radical (unpaired) electrons. The lowest BCUT2D eigenvalue weighted by Crippen LogP contribution is -2.43. The van der Waals surface area contributed by atoms with Gasteiger partial charge in [-0.1, -0.05) is 6.92 Å². The number of benzene rings is 1. The summed E-state index contributed by atoms with van der Waals surface area (Å²) in [5.41, 5.74) is -0.505. The summed E-state index contributed by atoms with van der Waals surface area (Å²) < 4.78 is 10.2. The molecule has 1 aliphatic rings. The predicted molar refractivity (Wildman–Crippen MR) is 96.1 cm³/mol. The van der Waals surface area contributed by atoms with Crippen molar-refractivity contribution in [3.05, 3.63) is 24.3 Å². The zero-order valence-corrected chi connectivity index (χ0v) is 15.5. The lowest BCUT2D eigenvalue weighted by atomic mass is 9.99. The normalized spacial score (nSPS) is 18.9. The summed E-state index contributed by atoms with van der Waals surface area (Å²) in [6.45, 7) is 4.67. The molecule has 0 aromatic heterocycles. The summed E-state index contributed by atoms with van der Waals surface area (Å²) in [7, 11) is 0. The number of hydrogen-bond donors (Lipinski definition) is 2. The van der Waals surface area contributed by atoms with Crippen LogP contribution in [0.25, 0.3) is 0 Å². The highest BCUT2D eigenvalue weighted by atomic mass is 16.5. The first-order chi connectivity index (χ1) is 12.8. The first-order valence-electron chi connectivity index (χ1n) is 8.61. The van der Waals surface area contributed by atoms with E-state index in [0.717, 1.165) is 4.90 Å². The van der Waals surface area contributed by atoms with Crippen LogP contribution in [0.5, 0.6) is 5.75 Å². The monoisotopic (exact) mass is 377 g/mol. The molecule has 27 heavy (non-hydrogen) atoms. The van der Waals surface area contributed by atoms with E-state index in [-0.39, 0.29) is 0 Å². The number of nitrogens with one attached hydrogen (secondary N) is 2. The van der Waals surface area contributed by atoms with Crippen molar-refractivity contribution in [1.29, 1.82) is 0 Å². The fraction of sp³-hybridized carbons (Fsp3) is 0.444. The SMILES string of the molecule is CCOc1ccc(NC(=O)COC(=O)CN2C(=O)N[C@](C)(CC)C2=O)cc1. The van der Waals surface area contributed by atoms with Crippen molar-refractivity contribution in [2.75, 3.05) is 25.1 Å². The maximum Gasteiger partial charge on any atom is 0.326 e. The van der Waals surface area contributed by atoms with E-state index < -0.39 is 42.5 Å². The highest BCUT2D eigenvalue weighted by Gasteiger charge is 2.47. The molecule has 1 heterocycles. The predicted octanol–water partition coefficient (Wildman–Crippen LogP) is 1.29. The van der Waals surface area contributed by atoms with E-state index in [0.29, 0.717) is 24.5 Å². The van der Waals surface area contributed by atoms with Crippen LogP contribution in [0.1, 0.15) is 27.2 Å². The van der Waals surface area contributed by atoms with Gasteiger partial charge in [-0.2, -0.15) is 0 Å². The molecule has 9 heteroatoms. The van der Waals surface area contributed by atoms with Crippen LogP contribution in [0.15, 0.2) is 24.3 Å². The topological polar surface area (TPSA) is 114 Å². The number of amides is 4. The van der Waals surface area contributed by atoms with Crippen LogP contribution in [-0.2, 0) is 19.1 Å². The van der Waals surface area contributed by atoms with Gasteiger partial charge in [0, 0.05) is 5.69 Å². The first kappa shape index (κ1) is 20.2. The summed E-state index contributed by atoms with van der Waals surface area (Å²) in [5.74, 6) is -1.20. The van der Waals surface area contributed by atoms with Crippen molar-refractivity contribution < 1.29 is 28.7 Å². The standard InChI is InChI=1S/C18H23N3O6/c1-4-18(3)16(24)21(17(25)20-18)10-15(23)27-11-14(22)19-12-6-8-13(9-7-12)26-5-2/h6-9H,4-5,10-11H2,1-3H3,(H,19,22)(H,20,25)/t18-/m1/s1. The second kappa shape index (κ2) is 8.52. The zero-order valence-electron chi connectivity index (χ0n) is 15.5. The van der Waals surface area contributed by atoms with E-state index in [1.54, 1.807) is 38.1 Å². The van der Waals surface area contributed by atoms with Crippen molar-refractivity contribution >= 4 is 29.5 Å². The Bertz CT molecular complexity index is 733. The van der Waals surface area contributed by atoms with E-state index in [4.69, 9.17) is 9.47 Å². The Labute approximate surface area is 157 Å².